The molecular formula is C13H21BrN2O2S2. The predicted octanol–water partition coefficient (Wildman–Crippen LogP) is 2.97. The lowest BCUT2D eigenvalue weighted by Crippen LogP contribution is -2.50. The third kappa shape index (κ3) is 3.27. The first-order chi connectivity index (χ1) is 9.27. The second-order valence-electron chi connectivity index (χ2n) is 5.62. The average molecular weight is 381 g/mol. The van der Waals surface area contributed by atoms with Crippen LogP contribution in [0.3, 0.4) is 0 Å². The van der Waals surface area contributed by atoms with Gasteiger partial charge in [0.2, 0.25) is 10.0 Å². The smallest absolute Gasteiger partial charge is 0.241 e. The zero-order valence-electron chi connectivity index (χ0n) is 12.1. The second-order valence-corrected chi connectivity index (χ2v) is 9.99. The van der Waals surface area contributed by atoms with Crippen molar-refractivity contribution in [3.8, 4) is 0 Å². The Balaban J connectivity index is 2.15. The van der Waals surface area contributed by atoms with E-state index in [1.165, 1.54) is 24.2 Å². The van der Waals surface area contributed by atoms with Crippen LogP contribution < -0.4 is 4.72 Å². The fourth-order valence-electron chi connectivity index (χ4n) is 2.82. The maximum absolute atomic E-state index is 12.4. The number of hydrogen-bond acceptors (Lipinski definition) is 4. The van der Waals surface area contributed by atoms with E-state index in [0.717, 1.165) is 21.5 Å². The summed E-state index contributed by atoms with van der Waals surface area (Å²) in [6.45, 7) is 2.32. The van der Waals surface area contributed by atoms with Crippen LogP contribution >= 0.6 is 27.3 Å². The van der Waals surface area contributed by atoms with E-state index in [-0.39, 0.29) is 5.54 Å². The van der Waals surface area contributed by atoms with Crippen LogP contribution in [0.4, 0.5) is 0 Å². The molecule has 0 unspecified atom stereocenters. The van der Waals surface area contributed by atoms with Gasteiger partial charge in [-0.1, -0.05) is 12.8 Å². The van der Waals surface area contributed by atoms with Crippen LogP contribution in [-0.4, -0.2) is 39.5 Å². The molecule has 1 aliphatic carbocycles. The fraction of sp³-hybridized carbons (Fsp3) is 0.692. The van der Waals surface area contributed by atoms with Gasteiger partial charge in [-0.3, -0.25) is 0 Å². The fourth-order valence-corrected chi connectivity index (χ4v) is 6.35. The van der Waals surface area contributed by atoms with Crippen molar-refractivity contribution in [1.29, 1.82) is 0 Å². The molecule has 0 bridgehead atoms. The van der Waals surface area contributed by atoms with Crippen LogP contribution in [0, 0.1) is 6.92 Å². The molecule has 20 heavy (non-hydrogen) atoms. The lowest BCUT2D eigenvalue weighted by molar-refractivity contribution is 0.162. The van der Waals surface area contributed by atoms with Crippen molar-refractivity contribution < 1.29 is 8.42 Å². The molecule has 0 aliphatic heterocycles. The number of likely N-dealkylation sites (N-methyl/N-ethyl adjacent to an activating group) is 1. The van der Waals surface area contributed by atoms with Crippen LogP contribution in [0.15, 0.2) is 14.7 Å². The highest BCUT2D eigenvalue weighted by atomic mass is 79.9. The van der Waals surface area contributed by atoms with Gasteiger partial charge in [0.25, 0.3) is 0 Å². The van der Waals surface area contributed by atoms with Gasteiger partial charge in [-0.25, -0.2) is 13.1 Å². The minimum Gasteiger partial charge on any atom is -0.302 e. The highest BCUT2D eigenvalue weighted by Gasteiger charge is 2.37. The minimum atomic E-state index is -3.43. The van der Waals surface area contributed by atoms with Crippen LogP contribution in [0.2, 0.25) is 0 Å². The molecule has 1 heterocycles. The van der Waals surface area contributed by atoms with Gasteiger partial charge < -0.3 is 4.90 Å². The molecule has 0 spiro atoms. The monoisotopic (exact) mass is 380 g/mol. The summed E-state index contributed by atoms with van der Waals surface area (Å²) in [5, 5.41) is 0. The number of rotatable bonds is 5. The number of thiophene rings is 1. The van der Waals surface area contributed by atoms with Gasteiger partial charge in [-0.2, -0.15) is 0 Å². The highest BCUT2D eigenvalue weighted by Crippen LogP contribution is 2.34. The summed E-state index contributed by atoms with van der Waals surface area (Å²) in [6.07, 6.45) is 4.44. The molecule has 4 nitrogen and oxygen atoms in total. The van der Waals surface area contributed by atoms with Crippen molar-refractivity contribution in [3.05, 3.63) is 14.7 Å². The van der Waals surface area contributed by atoms with E-state index in [0.29, 0.717) is 11.4 Å². The van der Waals surface area contributed by atoms with E-state index in [9.17, 15) is 8.42 Å². The van der Waals surface area contributed by atoms with E-state index < -0.39 is 10.0 Å². The van der Waals surface area contributed by atoms with Crippen molar-refractivity contribution in [2.24, 2.45) is 0 Å². The van der Waals surface area contributed by atoms with Crippen LogP contribution in [0.25, 0.3) is 0 Å². The third-order valence-corrected chi connectivity index (χ3v) is 7.42. The van der Waals surface area contributed by atoms with Gasteiger partial charge in [-0.05, 0) is 55.9 Å². The van der Waals surface area contributed by atoms with E-state index in [2.05, 4.69) is 25.6 Å². The summed E-state index contributed by atoms with van der Waals surface area (Å²) in [4.78, 5) is 3.37. The first kappa shape index (κ1) is 16.4. The molecule has 0 atom stereocenters. The molecule has 1 saturated carbocycles. The summed E-state index contributed by atoms with van der Waals surface area (Å²) < 4.78 is 28.5. The molecular weight excluding hydrogens is 360 g/mol. The number of halogens is 1. The molecule has 2 rings (SSSR count). The Morgan fingerprint density at radius 3 is 2.45 bits per heavy atom. The van der Waals surface area contributed by atoms with Gasteiger partial charge in [0.05, 0.1) is 8.68 Å². The van der Waals surface area contributed by atoms with Crippen molar-refractivity contribution in [3.63, 3.8) is 0 Å². The quantitative estimate of drug-likeness (QED) is 0.853. The summed E-state index contributed by atoms with van der Waals surface area (Å²) in [7, 11) is 0.642. The Bertz CT molecular complexity index is 575. The molecule has 0 amide bonds. The molecule has 1 aliphatic rings. The van der Waals surface area contributed by atoms with Crippen LogP contribution in [-0.2, 0) is 10.0 Å². The van der Waals surface area contributed by atoms with Crippen molar-refractivity contribution >= 4 is 37.3 Å². The predicted molar refractivity (Wildman–Crippen MR) is 86.8 cm³/mol. The maximum Gasteiger partial charge on any atom is 0.241 e. The molecule has 114 valence electrons. The Hall–Kier alpha value is 0.0500. The summed E-state index contributed by atoms with van der Waals surface area (Å²) >= 11 is 4.79. The number of aryl methyl sites for hydroxylation is 1. The SMILES string of the molecule is Cc1sc(Br)cc1S(=O)(=O)NCC1(N(C)C)CCCC1. The first-order valence-corrected chi connectivity index (χ1v) is 9.79. The van der Waals surface area contributed by atoms with Gasteiger partial charge in [0.15, 0.2) is 0 Å². The summed E-state index contributed by atoms with van der Waals surface area (Å²) in [5.41, 5.74) is -0.0335. The maximum atomic E-state index is 12.4. The normalized spacial score (nSPS) is 18.9. The summed E-state index contributed by atoms with van der Waals surface area (Å²) in [6, 6.07) is 1.68. The van der Waals surface area contributed by atoms with Gasteiger partial charge in [-0.15, -0.1) is 11.3 Å². The lowest BCUT2D eigenvalue weighted by atomic mass is 9.97. The lowest BCUT2D eigenvalue weighted by Gasteiger charge is -2.36. The molecule has 7 heteroatoms. The molecule has 1 N–H and O–H groups in total. The van der Waals surface area contributed by atoms with Crippen molar-refractivity contribution in [1.82, 2.24) is 9.62 Å². The van der Waals surface area contributed by atoms with Gasteiger partial charge in [0.1, 0.15) is 0 Å². The minimum absolute atomic E-state index is 0.0335. The summed E-state index contributed by atoms with van der Waals surface area (Å²) in [5.74, 6) is 0. The Morgan fingerprint density at radius 2 is 2.00 bits per heavy atom. The largest absolute Gasteiger partial charge is 0.302 e. The zero-order chi connectivity index (χ0) is 15.0. The molecule has 1 aromatic rings. The topological polar surface area (TPSA) is 49.4 Å². The standard InChI is InChI=1S/C13H21BrN2O2S2/c1-10-11(8-12(14)19-10)20(17,18)15-9-13(16(2)3)6-4-5-7-13/h8,15H,4-7,9H2,1-3H3. The molecule has 0 aromatic carbocycles. The number of hydrogen-bond donors (Lipinski definition) is 1. The number of nitrogens with zero attached hydrogens (tertiary/aromatic N) is 1. The third-order valence-electron chi connectivity index (χ3n) is 4.21. The van der Waals surface area contributed by atoms with Crippen molar-refractivity contribution in [2.75, 3.05) is 20.6 Å². The van der Waals surface area contributed by atoms with Gasteiger partial charge >= 0.3 is 0 Å². The number of sulfonamides is 1. The average Bonchev–Trinajstić information content (AvgIpc) is 2.94. The van der Waals surface area contributed by atoms with Crippen LogP contribution in [0.1, 0.15) is 30.6 Å². The van der Waals surface area contributed by atoms with E-state index in [4.69, 9.17) is 0 Å². The Morgan fingerprint density at radius 1 is 1.40 bits per heavy atom. The van der Waals surface area contributed by atoms with E-state index >= 15 is 0 Å². The van der Waals surface area contributed by atoms with Crippen LogP contribution in [0.5, 0.6) is 0 Å². The highest BCUT2D eigenvalue weighted by molar-refractivity contribution is 9.11. The van der Waals surface area contributed by atoms with Gasteiger partial charge in [0, 0.05) is 17.0 Å². The molecule has 1 aromatic heterocycles. The Labute approximate surface area is 133 Å². The molecule has 1 fully saturated rings. The van der Waals surface area contributed by atoms with Crippen molar-refractivity contribution in [2.45, 2.75) is 43.0 Å². The van der Waals surface area contributed by atoms with E-state index in [1.807, 2.05) is 21.0 Å². The Kier molecular flexibility index (Phi) is 4.96. The molecule has 0 saturated heterocycles. The number of nitrogens with one attached hydrogen (secondary N) is 1. The first-order valence-electron chi connectivity index (χ1n) is 6.70. The van der Waals surface area contributed by atoms with E-state index in [1.54, 1.807) is 6.07 Å². The zero-order valence-corrected chi connectivity index (χ0v) is 15.3. The molecule has 0 radical (unpaired) electrons. The second kappa shape index (κ2) is 6.04.